The van der Waals surface area contributed by atoms with Gasteiger partial charge in [0, 0.05) is 17.0 Å². The van der Waals surface area contributed by atoms with E-state index in [1.165, 1.54) is 17.8 Å². The number of benzene rings is 1. The molecule has 8 heteroatoms. The minimum atomic E-state index is -1.07. The van der Waals surface area contributed by atoms with Crippen LogP contribution in [-0.2, 0) is 16.0 Å². The van der Waals surface area contributed by atoms with Gasteiger partial charge in [0.2, 0.25) is 0 Å². The quantitative estimate of drug-likeness (QED) is 0.537. The first-order valence-corrected chi connectivity index (χ1v) is 11.0. The number of carbonyl (C=O) groups excluding carboxylic acids is 1. The molecule has 1 atom stereocenters. The monoisotopic (exact) mass is 421 g/mol. The molecule has 7 nitrogen and oxygen atoms in total. The van der Waals surface area contributed by atoms with Crippen LogP contribution in [0.3, 0.4) is 0 Å². The maximum atomic E-state index is 12.1. The molecule has 0 aliphatic carbocycles. The Morgan fingerprint density at radius 1 is 1.34 bits per heavy atom. The van der Waals surface area contributed by atoms with E-state index in [1.54, 1.807) is 13.0 Å². The number of carbonyl (C=O) groups is 2. The smallest absolute Gasteiger partial charge is 0.336 e. The van der Waals surface area contributed by atoms with Crippen molar-refractivity contribution in [1.29, 1.82) is 0 Å². The fourth-order valence-corrected chi connectivity index (χ4v) is 3.48. The third-order valence-corrected chi connectivity index (χ3v) is 5.24. The van der Waals surface area contributed by atoms with E-state index in [-0.39, 0.29) is 6.61 Å². The third-order valence-electron chi connectivity index (χ3n) is 4.60. The van der Waals surface area contributed by atoms with E-state index in [0.717, 1.165) is 30.2 Å². The Morgan fingerprint density at radius 2 is 2.10 bits per heavy atom. The molecule has 0 radical (unpaired) electrons. The van der Waals surface area contributed by atoms with Crippen molar-refractivity contribution in [3.8, 4) is 5.75 Å². The molecule has 2 N–H and O–H groups in total. The van der Waals surface area contributed by atoms with E-state index in [4.69, 9.17) is 9.15 Å². The van der Waals surface area contributed by atoms with Crippen molar-refractivity contribution in [1.82, 2.24) is 5.32 Å². The van der Waals surface area contributed by atoms with Gasteiger partial charge in [-0.15, -0.1) is 0 Å². The van der Waals surface area contributed by atoms with Crippen LogP contribution in [-0.4, -0.2) is 41.6 Å². The number of nitrogens with one attached hydrogen (secondary N) is 1. The number of carboxylic acids is 1. The van der Waals surface area contributed by atoms with Crippen molar-refractivity contribution < 1.29 is 23.8 Å². The fourth-order valence-electron chi connectivity index (χ4n) is 3.01. The minimum absolute atomic E-state index is 0.324. The molecule has 0 aliphatic rings. The van der Waals surface area contributed by atoms with Crippen LogP contribution >= 0.6 is 11.8 Å². The summed E-state index contributed by atoms with van der Waals surface area (Å²) in [6.07, 6.45) is 4.98. The van der Waals surface area contributed by atoms with Gasteiger partial charge in [-0.2, -0.15) is 11.8 Å². The van der Waals surface area contributed by atoms with Crippen molar-refractivity contribution in [2.75, 3.05) is 18.6 Å². The number of hydrogen-bond donors (Lipinski definition) is 2. The molecule has 1 heterocycles. The topological polar surface area (TPSA) is 106 Å². The molecule has 1 aromatic heterocycles. The van der Waals surface area contributed by atoms with Gasteiger partial charge in [-0.3, -0.25) is 4.79 Å². The van der Waals surface area contributed by atoms with Crippen molar-refractivity contribution >= 4 is 34.6 Å². The van der Waals surface area contributed by atoms with Crippen molar-refractivity contribution in [3.63, 3.8) is 0 Å². The third kappa shape index (κ3) is 6.25. The number of fused-ring (bicyclic) bond motifs is 1. The summed E-state index contributed by atoms with van der Waals surface area (Å²) >= 11 is 1.51. The number of carboxylic acid groups (broad SMARTS) is 1. The summed E-state index contributed by atoms with van der Waals surface area (Å²) in [6, 6.07) is 4.13. The summed E-state index contributed by atoms with van der Waals surface area (Å²) in [5.41, 5.74) is 1.59. The number of ether oxygens (including phenoxy) is 1. The van der Waals surface area contributed by atoms with Crippen LogP contribution in [0, 0.1) is 6.92 Å². The Bertz CT molecular complexity index is 923. The van der Waals surface area contributed by atoms with Crippen molar-refractivity contribution in [3.05, 3.63) is 39.7 Å². The minimum Gasteiger partial charge on any atom is -0.483 e. The Balaban J connectivity index is 2.14. The Morgan fingerprint density at radius 3 is 2.76 bits per heavy atom. The number of aliphatic carboxylic acids is 1. The molecule has 1 unspecified atom stereocenters. The van der Waals surface area contributed by atoms with Gasteiger partial charge in [-0.25, -0.2) is 9.59 Å². The highest BCUT2D eigenvalue weighted by molar-refractivity contribution is 7.98. The lowest BCUT2D eigenvalue weighted by Gasteiger charge is -2.15. The molecule has 0 saturated carbocycles. The summed E-state index contributed by atoms with van der Waals surface area (Å²) in [4.78, 5) is 35.3. The first-order chi connectivity index (χ1) is 13.9. The van der Waals surface area contributed by atoms with Gasteiger partial charge in [0.25, 0.3) is 5.91 Å². The first kappa shape index (κ1) is 22.8. The summed E-state index contributed by atoms with van der Waals surface area (Å²) in [7, 11) is 0. The van der Waals surface area contributed by atoms with Gasteiger partial charge in [-0.1, -0.05) is 13.3 Å². The van der Waals surface area contributed by atoms with Crippen LogP contribution in [0.5, 0.6) is 5.75 Å². The summed E-state index contributed by atoms with van der Waals surface area (Å²) in [5.74, 6) is -0.548. The predicted octanol–water partition coefficient (Wildman–Crippen LogP) is 3.15. The van der Waals surface area contributed by atoms with E-state index in [9.17, 15) is 19.5 Å². The van der Waals surface area contributed by atoms with E-state index < -0.39 is 23.5 Å². The molecule has 158 valence electrons. The van der Waals surface area contributed by atoms with Gasteiger partial charge in [0.1, 0.15) is 17.4 Å². The number of thioether (sulfide) groups is 1. The molecule has 0 fully saturated rings. The number of hydrogen-bond acceptors (Lipinski definition) is 6. The highest BCUT2D eigenvalue weighted by Gasteiger charge is 2.20. The lowest BCUT2D eigenvalue weighted by atomic mass is 10.0. The largest absolute Gasteiger partial charge is 0.483 e. The molecule has 29 heavy (non-hydrogen) atoms. The zero-order chi connectivity index (χ0) is 21.4. The number of unbranched alkanes of at least 4 members (excludes halogenated alkanes) is 1. The van der Waals surface area contributed by atoms with Crippen LogP contribution in [0.25, 0.3) is 11.0 Å². The van der Waals surface area contributed by atoms with Crippen molar-refractivity contribution in [2.45, 2.75) is 45.6 Å². The number of rotatable bonds is 11. The molecular weight excluding hydrogens is 394 g/mol. The summed E-state index contributed by atoms with van der Waals surface area (Å²) < 4.78 is 11.0. The Kier molecular flexibility index (Phi) is 8.57. The van der Waals surface area contributed by atoms with Crippen LogP contribution in [0.2, 0.25) is 0 Å². The van der Waals surface area contributed by atoms with Crippen molar-refractivity contribution in [2.24, 2.45) is 0 Å². The fraction of sp³-hybridized carbons (Fsp3) is 0.476. The second kappa shape index (κ2) is 10.9. The average molecular weight is 422 g/mol. The SMILES string of the molecule is CCCCc1cc(=O)oc2c(C)c(OCC(=O)NC(CCSC)C(=O)O)ccc12. The maximum Gasteiger partial charge on any atom is 0.336 e. The highest BCUT2D eigenvalue weighted by Crippen LogP contribution is 2.29. The number of amides is 1. The normalized spacial score (nSPS) is 12.0. The lowest BCUT2D eigenvalue weighted by Crippen LogP contribution is -2.43. The second-order valence-corrected chi connectivity index (χ2v) is 7.77. The van der Waals surface area contributed by atoms with E-state index in [0.29, 0.717) is 29.1 Å². The molecule has 0 spiro atoms. The Labute approximate surface area is 173 Å². The van der Waals surface area contributed by atoms with Gasteiger partial charge in [-0.05, 0) is 55.9 Å². The molecule has 2 aromatic rings. The van der Waals surface area contributed by atoms with Crippen LogP contribution in [0.4, 0.5) is 0 Å². The van der Waals surface area contributed by atoms with Crippen LogP contribution < -0.4 is 15.7 Å². The predicted molar refractivity (Wildman–Crippen MR) is 114 cm³/mol. The lowest BCUT2D eigenvalue weighted by molar-refractivity contribution is -0.142. The molecule has 0 bridgehead atoms. The maximum absolute atomic E-state index is 12.1. The first-order valence-electron chi connectivity index (χ1n) is 9.57. The average Bonchev–Trinajstić information content (AvgIpc) is 2.69. The van der Waals surface area contributed by atoms with Gasteiger partial charge in [0.05, 0.1) is 0 Å². The van der Waals surface area contributed by atoms with Gasteiger partial charge < -0.3 is 19.6 Å². The highest BCUT2D eigenvalue weighted by atomic mass is 32.2. The second-order valence-electron chi connectivity index (χ2n) is 6.79. The molecule has 0 saturated heterocycles. The van der Waals surface area contributed by atoms with Crippen LogP contribution in [0.15, 0.2) is 27.4 Å². The van der Waals surface area contributed by atoms with E-state index in [1.807, 2.05) is 12.3 Å². The van der Waals surface area contributed by atoms with E-state index in [2.05, 4.69) is 12.2 Å². The number of aryl methyl sites for hydroxylation is 2. The molecule has 2 rings (SSSR count). The van der Waals surface area contributed by atoms with Crippen LogP contribution in [0.1, 0.15) is 37.3 Å². The zero-order valence-electron chi connectivity index (χ0n) is 16.9. The molecular formula is C21H27NO6S. The zero-order valence-corrected chi connectivity index (χ0v) is 17.8. The molecule has 1 amide bonds. The summed E-state index contributed by atoms with van der Waals surface area (Å²) in [5, 5.41) is 12.5. The van der Waals surface area contributed by atoms with Gasteiger partial charge in [0.15, 0.2) is 6.61 Å². The Hall–Kier alpha value is -2.48. The molecule has 1 aromatic carbocycles. The standard InChI is InChI=1S/C21H27NO6S/c1-4-5-6-14-11-19(24)28-20-13(2)17(8-7-15(14)20)27-12-18(23)22-16(21(25)26)9-10-29-3/h7-8,11,16H,4-6,9-10,12H2,1-3H3,(H,22,23)(H,25,26). The van der Waals surface area contributed by atoms with Gasteiger partial charge >= 0.3 is 11.6 Å². The van der Waals surface area contributed by atoms with E-state index >= 15 is 0 Å². The summed E-state index contributed by atoms with van der Waals surface area (Å²) in [6.45, 7) is 3.53. The molecule has 0 aliphatic heterocycles.